The highest BCUT2D eigenvalue weighted by atomic mass is 16.2. The fourth-order valence-electron chi connectivity index (χ4n) is 2.75. The van der Waals surface area contributed by atoms with Gasteiger partial charge in [-0.3, -0.25) is 14.4 Å². The summed E-state index contributed by atoms with van der Waals surface area (Å²) >= 11 is 0. The lowest BCUT2D eigenvalue weighted by Crippen LogP contribution is -2.31. The fraction of sp³-hybridized carbons (Fsp3) is 0.375. The minimum absolute atomic E-state index is 0.0527. The minimum atomic E-state index is -0.227. The van der Waals surface area contributed by atoms with Crippen molar-refractivity contribution in [1.82, 2.24) is 10.6 Å². The maximum atomic E-state index is 12.2. The molecule has 7 heteroatoms. The molecule has 0 heterocycles. The second-order valence-corrected chi connectivity index (χ2v) is 7.45. The van der Waals surface area contributed by atoms with Crippen molar-refractivity contribution < 1.29 is 14.4 Å². The Balaban J connectivity index is 1.84. The van der Waals surface area contributed by atoms with Crippen LogP contribution in [-0.2, 0) is 4.79 Å². The molecular weight excluding hydrogens is 392 g/mol. The lowest BCUT2D eigenvalue weighted by molar-refractivity contribution is -0.114. The molecule has 2 aromatic carbocycles. The van der Waals surface area contributed by atoms with Crippen molar-refractivity contribution in [3.05, 3.63) is 59.7 Å². The molecule has 0 aliphatic carbocycles. The maximum Gasteiger partial charge on any atom is 0.251 e. The van der Waals surface area contributed by atoms with Crippen LogP contribution in [0.15, 0.2) is 48.5 Å². The quantitative estimate of drug-likeness (QED) is 0.412. The summed E-state index contributed by atoms with van der Waals surface area (Å²) in [6, 6.07) is 13.9. The fourth-order valence-corrected chi connectivity index (χ4v) is 2.75. The standard InChI is InChI=1S/C24H32N4O3/c1-4-6-14-25-23(30)19-8-7-9-21(15-19)26-16-22(29)28-20-12-10-18(11-13-20)24(31)27-17(3)5-2/h7-13,15,17,26H,4-6,14,16H2,1-3H3,(H,25,30)(H,27,31)(H,28,29). The van der Waals surface area contributed by atoms with Crippen molar-refractivity contribution in [2.45, 2.75) is 46.1 Å². The lowest BCUT2D eigenvalue weighted by Gasteiger charge is -2.12. The average Bonchev–Trinajstić information content (AvgIpc) is 2.78. The van der Waals surface area contributed by atoms with Crippen LogP contribution in [0.25, 0.3) is 0 Å². The Hall–Kier alpha value is -3.35. The van der Waals surface area contributed by atoms with Crippen molar-refractivity contribution in [3.63, 3.8) is 0 Å². The Kier molecular flexibility index (Phi) is 9.55. The van der Waals surface area contributed by atoms with Gasteiger partial charge in [0.2, 0.25) is 5.91 Å². The summed E-state index contributed by atoms with van der Waals surface area (Å²) in [6.07, 6.45) is 2.82. The molecule has 0 aliphatic heterocycles. The average molecular weight is 425 g/mol. The van der Waals surface area contributed by atoms with Crippen molar-refractivity contribution in [3.8, 4) is 0 Å². The first-order valence-corrected chi connectivity index (χ1v) is 10.8. The van der Waals surface area contributed by atoms with Crippen molar-refractivity contribution in [2.75, 3.05) is 23.7 Å². The molecule has 7 nitrogen and oxygen atoms in total. The zero-order chi connectivity index (χ0) is 22.6. The van der Waals surface area contributed by atoms with Gasteiger partial charge < -0.3 is 21.3 Å². The maximum absolute atomic E-state index is 12.2. The molecule has 0 aromatic heterocycles. The number of amides is 3. The molecule has 31 heavy (non-hydrogen) atoms. The van der Waals surface area contributed by atoms with E-state index in [0.717, 1.165) is 19.3 Å². The van der Waals surface area contributed by atoms with E-state index in [0.29, 0.717) is 29.0 Å². The number of carbonyl (C=O) groups is 3. The van der Waals surface area contributed by atoms with Gasteiger partial charge in [0.15, 0.2) is 0 Å². The van der Waals surface area contributed by atoms with E-state index in [1.54, 1.807) is 48.5 Å². The van der Waals surface area contributed by atoms with E-state index in [2.05, 4.69) is 28.2 Å². The molecule has 0 radical (unpaired) electrons. The molecule has 1 unspecified atom stereocenters. The van der Waals surface area contributed by atoms with Gasteiger partial charge in [-0.15, -0.1) is 0 Å². The zero-order valence-electron chi connectivity index (χ0n) is 18.5. The monoisotopic (exact) mass is 424 g/mol. The van der Waals surface area contributed by atoms with Crippen molar-refractivity contribution in [1.29, 1.82) is 0 Å². The van der Waals surface area contributed by atoms with E-state index in [4.69, 9.17) is 0 Å². The molecular formula is C24H32N4O3. The Bertz CT molecular complexity index is 881. The molecule has 1 atom stereocenters. The highest BCUT2D eigenvalue weighted by Crippen LogP contribution is 2.12. The first-order chi connectivity index (χ1) is 14.9. The lowest BCUT2D eigenvalue weighted by atomic mass is 10.1. The van der Waals surface area contributed by atoms with Gasteiger partial charge in [-0.1, -0.05) is 26.3 Å². The van der Waals surface area contributed by atoms with Crippen molar-refractivity contribution >= 4 is 29.1 Å². The van der Waals surface area contributed by atoms with Gasteiger partial charge in [0.25, 0.3) is 11.8 Å². The summed E-state index contributed by atoms with van der Waals surface area (Å²) in [4.78, 5) is 36.5. The number of hydrogen-bond donors (Lipinski definition) is 4. The molecule has 0 aliphatic rings. The first kappa shape index (κ1) is 23.9. The molecule has 0 saturated heterocycles. The first-order valence-electron chi connectivity index (χ1n) is 10.8. The molecule has 0 bridgehead atoms. The second-order valence-electron chi connectivity index (χ2n) is 7.45. The van der Waals surface area contributed by atoms with Crippen LogP contribution in [0.1, 0.15) is 60.7 Å². The van der Waals surface area contributed by atoms with Crippen LogP contribution in [0.5, 0.6) is 0 Å². The number of rotatable bonds is 11. The van der Waals surface area contributed by atoms with Gasteiger partial charge in [-0.2, -0.15) is 0 Å². The van der Waals surface area contributed by atoms with Crippen LogP contribution in [0.3, 0.4) is 0 Å². The summed E-state index contributed by atoms with van der Waals surface area (Å²) in [5, 5.41) is 11.6. The largest absolute Gasteiger partial charge is 0.376 e. The van der Waals surface area contributed by atoms with E-state index < -0.39 is 0 Å². The van der Waals surface area contributed by atoms with Crippen LogP contribution in [-0.4, -0.2) is 36.9 Å². The summed E-state index contributed by atoms with van der Waals surface area (Å²) in [7, 11) is 0. The normalized spacial score (nSPS) is 11.3. The highest BCUT2D eigenvalue weighted by molar-refractivity contribution is 5.97. The van der Waals surface area contributed by atoms with Gasteiger partial charge in [-0.25, -0.2) is 0 Å². The topological polar surface area (TPSA) is 99.3 Å². The number of hydrogen-bond acceptors (Lipinski definition) is 4. The number of benzene rings is 2. The SMILES string of the molecule is CCCCNC(=O)c1cccc(NCC(=O)Nc2ccc(C(=O)NC(C)CC)cc2)c1. The Morgan fingerprint density at radius 1 is 0.903 bits per heavy atom. The molecule has 2 rings (SSSR count). The molecule has 4 N–H and O–H groups in total. The second kappa shape index (κ2) is 12.4. The van der Waals surface area contributed by atoms with Crippen molar-refractivity contribution in [2.24, 2.45) is 0 Å². The Morgan fingerprint density at radius 3 is 2.32 bits per heavy atom. The van der Waals surface area contributed by atoms with Crippen LogP contribution >= 0.6 is 0 Å². The molecule has 3 amide bonds. The molecule has 166 valence electrons. The molecule has 2 aromatic rings. The Labute approximate surface area is 184 Å². The van der Waals surface area contributed by atoms with E-state index in [9.17, 15) is 14.4 Å². The third-order valence-electron chi connectivity index (χ3n) is 4.81. The number of nitrogens with one attached hydrogen (secondary N) is 4. The van der Waals surface area contributed by atoms with Crippen LogP contribution in [0, 0.1) is 0 Å². The van der Waals surface area contributed by atoms with Gasteiger partial charge >= 0.3 is 0 Å². The number of unbranched alkanes of at least 4 members (excludes halogenated alkanes) is 1. The molecule has 0 spiro atoms. The smallest absolute Gasteiger partial charge is 0.251 e. The predicted molar refractivity (Wildman–Crippen MR) is 124 cm³/mol. The van der Waals surface area contributed by atoms with Gasteiger partial charge in [0, 0.05) is 35.1 Å². The predicted octanol–water partition coefficient (Wildman–Crippen LogP) is 3.80. The van der Waals surface area contributed by atoms with E-state index in [-0.39, 0.29) is 30.3 Å². The molecule has 0 fully saturated rings. The summed E-state index contributed by atoms with van der Waals surface area (Å²) in [5.74, 6) is -0.485. The Morgan fingerprint density at radius 2 is 1.65 bits per heavy atom. The van der Waals surface area contributed by atoms with E-state index in [1.165, 1.54) is 0 Å². The van der Waals surface area contributed by atoms with Crippen LogP contribution in [0.2, 0.25) is 0 Å². The zero-order valence-corrected chi connectivity index (χ0v) is 18.5. The summed E-state index contributed by atoms with van der Waals surface area (Å²) in [5.41, 5.74) is 2.39. The van der Waals surface area contributed by atoms with Gasteiger partial charge in [-0.05, 0) is 62.2 Å². The van der Waals surface area contributed by atoms with Crippen LogP contribution < -0.4 is 21.3 Å². The third kappa shape index (κ3) is 8.12. The molecule has 0 saturated carbocycles. The van der Waals surface area contributed by atoms with Gasteiger partial charge in [0.05, 0.1) is 6.54 Å². The summed E-state index contributed by atoms with van der Waals surface area (Å²) in [6.45, 7) is 6.73. The number of anilines is 2. The van der Waals surface area contributed by atoms with Crippen LogP contribution in [0.4, 0.5) is 11.4 Å². The minimum Gasteiger partial charge on any atom is -0.376 e. The van der Waals surface area contributed by atoms with E-state index in [1.807, 2.05) is 13.8 Å². The summed E-state index contributed by atoms with van der Waals surface area (Å²) < 4.78 is 0. The van der Waals surface area contributed by atoms with E-state index >= 15 is 0 Å². The third-order valence-corrected chi connectivity index (χ3v) is 4.81. The van der Waals surface area contributed by atoms with Gasteiger partial charge in [0.1, 0.15) is 0 Å². The number of carbonyl (C=O) groups excluding carboxylic acids is 3. The highest BCUT2D eigenvalue weighted by Gasteiger charge is 2.10.